The summed E-state index contributed by atoms with van der Waals surface area (Å²) in [6.45, 7) is 5.09. The molecule has 1 saturated heterocycles. The van der Waals surface area contributed by atoms with Crippen LogP contribution in [0, 0.1) is 11.7 Å². The highest BCUT2D eigenvalue weighted by atomic mass is 19.1. The van der Waals surface area contributed by atoms with Crippen LogP contribution in [0.25, 0.3) is 0 Å². The molecule has 0 aromatic heterocycles. The van der Waals surface area contributed by atoms with Crippen molar-refractivity contribution in [1.29, 1.82) is 0 Å². The molecule has 0 aliphatic carbocycles. The van der Waals surface area contributed by atoms with E-state index in [9.17, 15) is 9.18 Å². The molecule has 98 valence electrons. The van der Waals surface area contributed by atoms with E-state index >= 15 is 0 Å². The minimum Gasteiger partial charge on any atom is -0.488 e. The number of hydrogen-bond acceptors (Lipinski definition) is 2. The summed E-state index contributed by atoms with van der Waals surface area (Å²) in [6.07, 6.45) is 0.768. The van der Waals surface area contributed by atoms with E-state index in [1.165, 1.54) is 12.1 Å². The number of ether oxygens (including phenoxy) is 1. The molecule has 1 amide bonds. The molecule has 1 aromatic carbocycles. The van der Waals surface area contributed by atoms with Crippen LogP contribution in [-0.2, 0) is 4.79 Å². The lowest BCUT2D eigenvalue weighted by molar-refractivity contribution is -0.133. The van der Waals surface area contributed by atoms with E-state index in [4.69, 9.17) is 4.74 Å². The van der Waals surface area contributed by atoms with Gasteiger partial charge in [0.25, 0.3) is 0 Å². The third kappa shape index (κ3) is 3.00. The molecule has 0 radical (unpaired) electrons. The van der Waals surface area contributed by atoms with Crippen molar-refractivity contribution in [3.05, 3.63) is 30.1 Å². The number of carbonyl (C=O) groups excluding carboxylic acids is 1. The van der Waals surface area contributed by atoms with Crippen molar-refractivity contribution in [2.75, 3.05) is 13.1 Å². The Morgan fingerprint density at radius 2 is 2.28 bits per heavy atom. The van der Waals surface area contributed by atoms with Gasteiger partial charge in [-0.25, -0.2) is 4.39 Å². The van der Waals surface area contributed by atoms with Gasteiger partial charge in [0.15, 0.2) is 0 Å². The molecule has 0 bridgehead atoms. The van der Waals surface area contributed by atoms with Crippen LogP contribution in [0.15, 0.2) is 24.3 Å². The Kier molecular flexibility index (Phi) is 3.84. The number of hydrogen-bond donors (Lipinski definition) is 0. The van der Waals surface area contributed by atoms with Crippen LogP contribution in [0.3, 0.4) is 0 Å². The number of rotatable bonds is 3. The third-order valence-corrected chi connectivity index (χ3v) is 3.05. The van der Waals surface area contributed by atoms with Gasteiger partial charge >= 0.3 is 0 Å². The van der Waals surface area contributed by atoms with Gasteiger partial charge in [-0.1, -0.05) is 19.9 Å². The molecule has 0 N–H and O–H groups in total. The van der Waals surface area contributed by atoms with Gasteiger partial charge in [0.1, 0.15) is 17.7 Å². The molecule has 1 aliphatic heterocycles. The molecule has 1 atom stereocenters. The molecule has 0 spiro atoms. The maximum absolute atomic E-state index is 13.0. The van der Waals surface area contributed by atoms with E-state index in [1.807, 2.05) is 18.7 Å². The molecule has 4 heteroatoms. The lowest BCUT2D eigenvalue weighted by Crippen LogP contribution is -2.33. The fraction of sp³-hybridized carbons (Fsp3) is 0.500. The first kappa shape index (κ1) is 12.9. The SMILES string of the molecule is CC(C)C(=O)N1CCC(Oc2cccc(F)c2)C1. The molecule has 2 rings (SSSR count). The Hall–Kier alpha value is -1.58. The molecule has 1 aromatic rings. The summed E-state index contributed by atoms with van der Waals surface area (Å²) in [5.74, 6) is 0.387. The zero-order valence-corrected chi connectivity index (χ0v) is 10.7. The van der Waals surface area contributed by atoms with Crippen molar-refractivity contribution in [1.82, 2.24) is 4.90 Å². The Balaban J connectivity index is 1.92. The topological polar surface area (TPSA) is 29.5 Å². The largest absolute Gasteiger partial charge is 0.488 e. The van der Waals surface area contributed by atoms with E-state index < -0.39 is 0 Å². The summed E-state index contributed by atoms with van der Waals surface area (Å²) in [5, 5.41) is 0. The van der Waals surface area contributed by atoms with E-state index in [0.717, 1.165) is 13.0 Å². The van der Waals surface area contributed by atoms with Crippen LogP contribution in [0.4, 0.5) is 4.39 Å². The van der Waals surface area contributed by atoms with E-state index in [-0.39, 0.29) is 23.7 Å². The molecular weight excluding hydrogens is 233 g/mol. The molecule has 18 heavy (non-hydrogen) atoms. The second kappa shape index (κ2) is 5.38. The molecule has 1 heterocycles. The van der Waals surface area contributed by atoms with Crippen molar-refractivity contribution < 1.29 is 13.9 Å². The quantitative estimate of drug-likeness (QED) is 0.826. The normalized spacial score (nSPS) is 19.3. The minimum atomic E-state index is -0.305. The number of halogens is 1. The molecule has 1 aliphatic rings. The fourth-order valence-corrected chi connectivity index (χ4v) is 2.12. The molecule has 1 unspecified atom stereocenters. The van der Waals surface area contributed by atoms with Gasteiger partial charge < -0.3 is 9.64 Å². The first-order valence-electron chi connectivity index (χ1n) is 6.27. The fourth-order valence-electron chi connectivity index (χ4n) is 2.12. The first-order valence-corrected chi connectivity index (χ1v) is 6.27. The second-order valence-corrected chi connectivity index (χ2v) is 4.92. The van der Waals surface area contributed by atoms with Crippen LogP contribution in [-0.4, -0.2) is 30.0 Å². The standard InChI is InChI=1S/C14H18FNO2/c1-10(2)14(17)16-7-6-13(9-16)18-12-5-3-4-11(15)8-12/h3-5,8,10,13H,6-7,9H2,1-2H3. The predicted molar refractivity (Wildman–Crippen MR) is 66.9 cm³/mol. The van der Waals surface area contributed by atoms with Gasteiger partial charge in [0, 0.05) is 24.9 Å². The second-order valence-electron chi connectivity index (χ2n) is 4.92. The van der Waals surface area contributed by atoms with Crippen LogP contribution >= 0.6 is 0 Å². The number of amides is 1. The molecule has 3 nitrogen and oxygen atoms in total. The average molecular weight is 251 g/mol. The van der Waals surface area contributed by atoms with Crippen LogP contribution in [0.5, 0.6) is 5.75 Å². The summed E-state index contributed by atoms with van der Waals surface area (Å²) in [7, 11) is 0. The Labute approximate surface area is 107 Å². The van der Waals surface area contributed by atoms with E-state index in [1.54, 1.807) is 12.1 Å². The summed E-state index contributed by atoms with van der Waals surface area (Å²) in [5.41, 5.74) is 0. The summed E-state index contributed by atoms with van der Waals surface area (Å²) in [6, 6.07) is 6.11. The number of benzene rings is 1. The zero-order valence-electron chi connectivity index (χ0n) is 10.7. The van der Waals surface area contributed by atoms with Gasteiger partial charge in [-0.2, -0.15) is 0 Å². The Morgan fingerprint density at radius 3 is 2.94 bits per heavy atom. The maximum atomic E-state index is 13.0. The van der Waals surface area contributed by atoms with Crippen LogP contribution < -0.4 is 4.74 Å². The van der Waals surface area contributed by atoms with Gasteiger partial charge in [-0.3, -0.25) is 4.79 Å². The Morgan fingerprint density at radius 1 is 1.50 bits per heavy atom. The highest BCUT2D eigenvalue weighted by Crippen LogP contribution is 2.20. The molecule has 0 saturated carbocycles. The minimum absolute atomic E-state index is 0.0120. The maximum Gasteiger partial charge on any atom is 0.225 e. The van der Waals surface area contributed by atoms with Gasteiger partial charge in [0.2, 0.25) is 5.91 Å². The summed E-state index contributed by atoms with van der Waals surface area (Å²) in [4.78, 5) is 13.6. The highest BCUT2D eigenvalue weighted by Gasteiger charge is 2.28. The van der Waals surface area contributed by atoms with Crippen molar-refractivity contribution in [2.24, 2.45) is 5.92 Å². The first-order chi connectivity index (χ1) is 8.56. The number of carbonyl (C=O) groups is 1. The van der Waals surface area contributed by atoms with Gasteiger partial charge in [-0.15, -0.1) is 0 Å². The number of likely N-dealkylation sites (tertiary alicyclic amines) is 1. The Bertz CT molecular complexity index is 434. The van der Waals surface area contributed by atoms with Crippen molar-refractivity contribution in [2.45, 2.75) is 26.4 Å². The van der Waals surface area contributed by atoms with Gasteiger partial charge in [-0.05, 0) is 12.1 Å². The summed E-state index contributed by atoms with van der Waals surface area (Å²) >= 11 is 0. The lowest BCUT2D eigenvalue weighted by atomic mass is 10.2. The number of nitrogens with zero attached hydrogens (tertiary/aromatic N) is 1. The van der Waals surface area contributed by atoms with E-state index in [2.05, 4.69) is 0 Å². The van der Waals surface area contributed by atoms with Crippen molar-refractivity contribution >= 4 is 5.91 Å². The summed E-state index contributed by atoms with van der Waals surface area (Å²) < 4.78 is 18.7. The predicted octanol–water partition coefficient (Wildman–Crippen LogP) is 2.46. The van der Waals surface area contributed by atoms with Gasteiger partial charge in [0.05, 0.1) is 6.54 Å². The molecule has 1 fully saturated rings. The third-order valence-electron chi connectivity index (χ3n) is 3.05. The smallest absolute Gasteiger partial charge is 0.225 e. The van der Waals surface area contributed by atoms with Crippen LogP contribution in [0.1, 0.15) is 20.3 Å². The van der Waals surface area contributed by atoms with Crippen LogP contribution in [0.2, 0.25) is 0 Å². The van der Waals surface area contributed by atoms with Crippen molar-refractivity contribution in [3.63, 3.8) is 0 Å². The average Bonchev–Trinajstić information content (AvgIpc) is 2.76. The lowest BCUT2D eigenvalue weighted by Gasteiger charge is -2.19. The zero-order chi connectivity index (χ0) is 13.1. The van der Waals surface area contributed by atoms with E-state index in [0.29, 0.717) is 12.3 Å². The van der Waals surface area contributed by atoms with Crippen molar-refractivity contribution in [3.8, 4) is 5.75 Å². The highest BCUT2D eigenvalue weighted by molar-refractivity contribution is 5.78. The molecular formula is C14H18FNO2. The monoisotopic (exact) mass is 251 g/mol.